The lowest BCUT2D eigenvalue weighted by Gasteiger charge is -2.55. The van der Waals surface area contributed by atoms with E-state index in [1.807, 2.05) is 19.1 Å². The van der Waals surface area contributed by atoms with E-state index in [0.717, 1.165) is 5.57 Å². The van der Waals surface area contributed by atoms with E-state index >= 15 is 0 Å². The molecule has 3 fully saturated rings. The highest BCUT2D eigenvalue weighted by Crippen LogP contribution is 2.66. The number of hydrogen-bond acceptors (Lipinski definition) is 8. The Bertz CT molecular complexity index is 1710. The van der Waals surface area contributed by atoms with Gasteiger partial charge in [-0.3, -0.25) is 9.59 Å². The lowest BCUT2D eigenvalue weighted by atomic mass is 9.60. The second kappa shape index (κ2) is 11.0. The van der Waals surface area contributed by atoms with Crippen LogP contribution in [0.15, 0.2) is 84.0 Å². The smallest absolute Gasteiger partial charge is 0.451 e. The van der Waals surface area contributed by atoms with Crippen LogP contribution in [0.1, 0.15) is 66.2 Å². The summed E-state index contributed by atoms with van der Waals surface area (Å²) in [5, 5.41) is 0. The quantitative estimate of drug-likeness (QED) is 0.410. The van der Waals surface area contributed by atoms with Gasteiger partial charge >= 0.3 is 18.1 Å². The fraction of sp³-hybridized carbons (Fsp3) is 0.444. The third-order valence-electron chi connectivity index (χ3n) is 11.1. The highest BCUT2D eigenvalue weighted by Gasteiger charge is 2.70. The van der Waals surface area contributed by atoms with Gasteiger partial charge in [-0.2, -0.15) is 13.2 Å². The van der Waals surface area contributed by atoms with Crippen molar-refractivity contribution in [3.05, 3.63) is 95.1 Å². The molecule has 2 bridgehead atoms. The first kappa shape index (κ1) is 31.5. The van der Waals surface area contributed by atoms with Crippen molar-refractivity contribution in [3.8, 4) is 0 Å². The molecular weight excluding hydrogens is 615 g/mol. The van der Waals surface area contributed by atoms with E-state index in [1.54, 1.807) is 36.4 Å². The zero-order chi connectivity index (χ0) is 33.4. The third kappa shape index (κ3) is 4.88. The van der Waals surface area contributed by atoms with Crippen molar-refractivity contribution in [2.75, 3.05) is 0 Å². The number of nitrogens with two attached hydrogens (primary N) is 1. The van der Waals surface area contributed by atoms with Gasteiger partial charge in [0.1, 0.15) is 11.9 Å². The number of rotatable bonds is 6. The van der Waals surface area contributed by atoms with E-state index in [4.69, 9.17) is 19.9 Å². The summed E-state index contributed by atoms with van der Waals surface area (Å²) >= 11 is 0. The molecule has 0 radical (unpaired) electrons. The van der Waals surface area contributed by atoms with Gasteiger partial charge in [-0.25, -0.2) is 9.59 Å². The molecular formula is C36H34F3NO7. The molecule has 11 heteroatoms. The number of halogens is 3. The van der Waals surface area contributed by atoms with Crippen LogP contribution >= 0.6 is 0 Å². The molecule has 246 valence electrons. The number of benzene rings is 2. The number of fused-ring (bicyclic) bond motifs is 1. The molecule has 0 amide bonds. The molecule has 2 aromatic rings. The van der Waals surface area contributed by atoms with Crippen molar-refractivity contribution >= 4 is 23.5 Å². The predicted molar refractivity (Wildman–Crippen MR) is 161 cm³/mol. The van der Waals surface area contributed by atoms with Crippen LogP contribution in [0.3, 0.4) is 0 Å². The lowest BCUT2D eigenvalue weighted by molar-refractivity contribution is -0.184. The van der Waals surface area contributed by atoms with Gasteiger partial charge in [0.2, 0.25) is 0 Å². The minimum absolute atomic E-state index is 0.115. The normalized spacial score (nSPS) is 34.6. The maximum absolute atomic E-state index is 13.9. The van der Waals surface area contributed by atoms with Crippen LogP contribution in [0.4, 0.5) is 13.2 Å². The SMILES string of the molecule is C[C@]12CC=C3C=C4[C@@H](OC(=O)c5ccccc5)[C@H](OC(=O)c5ccccc5)[C@@H](C(N)C(=O)C(F)(F)F)C[C@]45CC[C@]3(O5)[C@@H]1CCC2=O. The van der Waals surface area contributed by atoms with Gasteiger partial charge in [0.25, 0.3) is 5.78 Å². The van der Waals surface area contributed by atoms with Gasteiger partial charge in [0.15, 0.2) is 6.10 Å². The molecule has 2 spiro atoms. The molecule has 7 rings (SSSR count). The number of ether oxygens (including phenoxy) is 3. The van der Waals surface area contributed by atoms with Crippen LogP contribution in [0, 0.1) is 17.3 Å². The highest BCUT2D eigenvalue weighted by atomic mass is 19.4. The summed E-state index contributed by atoms with van der Waals surface area (Å²) in [6.07, 6.45) is -2.36. The van der Waals surface area contributed by atoms with Gasteiger partial charge in [-0.15, -0.1) is 0 Å². The largest absolute Gasteiger partial charge is 0.454 e. The van der Waals surface area contributed by atoms with E-state index in [2.05, 4.69) is 0 Å². The molecule has 2 aromatic carbocycles. The average molecular weight is 650 g/mol. The van der Waals surface area contributed by atoms with Gasteiger partial charge in [-0.05, 0) is 61.9 Å². The van der Waals surface area contributed by atoms with Crippen LogP contribution in [0.5, 0.6) is 0 Å². The summed E-state index contributed by atoms with van der Waals surface area (Å²) in [5.74, 6) is -5.32. The molecule has 8 nitrogen and oxygen atoms in total. The van der Waals surface area contributed by atoms with Crippen molar-refractivity contribution in [2.45, 2.75) is 81.1 Å². The number of alkyl halides is 3. The van der Waals surface area contributed by atoms with Crippen LogP contribution in [-0.4, -0.2) is 59.1 Å². The Morgan fingerprint density at radius 3 is 2.19 bits per heavy atom. The fourth-order valence-electron chi connectivity index (χ4n) is 8.76. The average Bonchev–Trinajstić information content (AvgIpc) is 3.54. The van der Waals surface area contributed by atoms with Crippen molar-refractivity contribution in [3.63, 3.8) is 0 Å². The monoisotopic (exact) mass is 649 g/mol. The fourth-order valence-corrected chi connectivity index (χ4v) is 8.76. The van der Waals surface area contributed by atoms with Crippen LogP contribution in [0.25, 0.3) is 0 Å². The molecule has 5 aliphatic rings. The lowest BCUT2D eigenvalue weighted by Crippen LogP contribution is -2.63. The van der Waals surface area contributed by atoms with Crippen molar-refractivity contribution in [1.29, 1.82) is 0 Å². The van der Waals surface area contributed by atoms with E-state index in [9.17, 15) is 32.3 Å². The zero-order valence-corrected chi connectivity index (χ0v) is 25.6. The third-order valence-corrected chi connectivity index (χ3v) is 11.1. The second-order valence-corrected chi connectivity index (χ2v) is 13.6. The Hall–Kier alpha value is -4.09. The Labute approximate surface area is 269 Å². The summed E-state index contributed by atoms with van der Waals surface area (Å²) in [5.41, 5.74) is 4.87. The molecule has 2 heterocycles. The standard InChI is InChI=1S/C36H34F3NO7/c1-33-15-14-22-18-24-29(46-32(44)21-10-6-3-7-11-21)28(45-31(43)20-8-4-2-5-9-20)23(27(40)30(42)36(37,38)39)19-34(24)16-17-35(22,47-34)25(33)12-13-26(33)41/h2-11,14,18,23,25,27-29H,12-13,15-17,19,40H2,1H3/t23-,25-,27?,28-,29-,33+,34-,35-/m1/s1. The van der Waals surface area contributed by atoms with Gasteiger partial charge in [0.05, 0.1) is 28.4 Å². The first-order valence-electron chi connectivity index (χ1n) is 15.8. The summed E-state index contributed by atoms with van der Waals surface area (Å²) in [4.78, 5) is 52.9. The molecule has 0 aromatic heterocycles. The number of ketones is 2. The Morgan fingerprint density at radius 2 is 1.57 bits per heavy atom. The minimum atomic E-state index is -5.27. The summed E-state index contributed by atoms with van der Waals surface area (Å²) in [6, 6.07) is 13.7. The summed E-state index contributed by atoms with van der Waals surface area (Å²) in [6.45, 7) is 1.94. The van der Waals surface area contributed by atoms with Gasteiger partial charge in [-0.1, -0.05) is 55.5 Å². The van der Waals surface area contributed by atoms with E-state index in [1.165, 1.54) is 24.3 Å². The van der Waals surface area contributed by atoms with Crippen molar-refractivity contribution in [2.24, 2.45) is 23.0 Å². The first-order chi connectivity index (χ1) is 22.3. The summed E-state index contributed by atoms with van der Waals surface area (Å²) < 4.78 is 60.8. The Balaban J connectivity index is 1.37. The van der Waals surface area contributed by atoms with Crippen LogP contribution < -0.4 is 5.73 Å². The Kier molecular flexibility index (Phi) is 7.36. The van der Waals surface area contributed by atoms with Crippen molar-refractivity contribution < 1.29 is 46.6 Å². The molecule has 1 saturated heterocycles. The Morgan fingerprint density at radius 1 is 0.957 bits per heavy atom. The molecule has 2 N–H and O–H groups in total. The van der Waals surface area contributed by atoms with E-state index in [0.29, 0.717) is 37.7 Å². The number of allylic oxidation sites excluding steroid dienone is 1. The van der Waals surface area contributed by atoms with E-state index < -0.39 is 64.7 Å². The topological polar surface area (TPSA) is 122 Å². The van der Waals surface area contributed by atoms with Crippen LogP contribution in [0.2, 0.25) is 0 Å². The number of esters is 2. The molecule has 8 atom stereocenters. The number of Topliss-reactive ketones (excluding diaryl/α,β-unsaturated/α-hetero) is 2. The maximum atomic E-state index is 13.9. The first-order valence-corrected chi connectivity index (χ1v) is 15.8. The molecule has 3 aliphatic carbocycles. The molecule has 47 heavy (non-hydrogen) atoms. The zero-order valence-electron chi connectivity index (χ0n) is 25.6. The van der Waals surface area contributed by atoms with Crippen molar-refractivity contribution in [1.82, 2.24) is 0 Å². The maximum Gasteiger partial charge on any atom is 0.451 e. The molecule has 2 aliphatic heterocycles. The van der Waals surface area contributed by atoms with Gasteiger partial charge < -0.3 is 19.9 Å². The number of carbonyl (C=O) groups is 4. The summed E-state index contributed by atoms with van der Waals surface area (Å²) in [7, 11) is 0. The molecule has 1 unspecified atom stereocenters. The number of carbonyl (C=O) groups excluding carboxylic acids is 4. The van der Waals surface area contributed by atoms with Gasteiger partial charge in [0, 0.05) is 29.2 Å². The van der Waals surface area contributed by atoms with Crippen LogP contribution in [-0.2, 0) is 23.8 Å². The minimum Gasteiger partial charge on any atom is -0.454 e. The number of hydrogen-bond donors (Lipinski definition) is 1. The highest BCUT2D eigenvalue weighted by molar-refractivity contribution is 5.92. The van der Waals surface area contributed by atoms with E-state index in [-0.39, 0.29) is 29.2 Å². The second-order valence-electron chi connectivity index (χ2n) is 13.6. The predicted octanol–water partition coefficient (Wildman–Crippen LogP) is 5.46. The molecule has 2 saturated carbocycles.